The molecular weight excluding hydrogens is 102 g/mol. The van der Waals surface area contributed by atoms with Crippen LogP contribution in [0.4, 0.5) is 0 Å². The molecule has 2 nitrogen and oxygen atoms in total. The van der Waals surface area contributed by atoms with Crippen molar-refractivity contribution in [3.05, 3.63) is 12.3 Å². The highest BCUT2D eigenvalue weighted by Gasteiger charge is 2.00. The third-order valence-electron chi connectivity index (χ3n) is 1.05. The van der Waals surface area contributed by atoms with Crippen LogP contribution in [0.25, 0.3) is 0 Å². The Morgan fingerprint density at radius 3 is 3.12 bits per heavy atom. The zero-order chi connectivity index (χ0) is 5.82. The van der Waals surface area contributed by atoms with Gasteiger partial charge in [0.2, 0.25) is 0 Å². The van der Waals surface area contributed by atoms with Crippen LogP contribution in [0.5, 0.6) is 0 Å². The summed E-state index contributed by atoms with van der Waals surface area (Å²) in [6.07, 6.45) is 5.13. The molecule has 0 fully saturated rings. The van der Waals surface area contributed by atoms with Gasteiger partial charge in [0.1, 0.15) is 0 Å². The second-order valence-corrected chi connectivity index (χ2v) is 1.82. The second-order valence-electron chi connectivity index (χ2n) is 1.82. The lowest BCUT2D eigenvalue weighted by molar-refractivity contribution is -0.0891. The van der Waals surface area contributed by atoms with Gasteiger partial charge in [-0.05, 0) is 12.5 Å². The molecule has 2 heteroatoms. The maximum absolute atomic E-state index is 5.12. The second kappa shape index (κ2) is 2.72. The van der Waals surface area contributed by atoms with Gasteiger partial charge in [-0.15, -0.1) is 0 Å². The molecule has 0 N–H and O–H groups in total. The highest BCUT2D eigenvalue weighted by molar-refractivity contribution is 4.83. The fraction of sp³-hybridized carbons (Fsp3) is 0.667. The van der Waals surface area contributed by atoms with Crippen LogP contribution in [-0.4, -0.2) is 18.2 Å². The van der Waals surface area contributed by atoms with Crippen LogP contribution in [0.3, 0.4) is 0 Å². The first-order chi connectivity index (χ1) is 3.93. The first-order valence-electron chi connectivity index (χ1n) is 2.99. The van der Waals surface area contributed by atoms with Crippen LogP contribution >= 0.6 is 0 Å². The zero-order valence-corrected chi connectivity index (χ0v) is 5.13. The minimum Gasteiger partial charge on any atom is -0.270 e. The van der Waals surface area contributed by atoms with E-state index in [1.165, 1.54) is 0 Å². The smallest absolute Gasteiger partial charge is 0.0947 e. The van der Waals surface area contributed by atoms with Gasteiger partial charge in [0.05, 0.1) is 6.61 Å². The van der Waals surface area contributed by atoms with Crippen molar-refractivity contribution in [3.8, 4) is 0 Å². The van der Waals surface area contributed by atoms with Gasteiger partial charge < -0.3 is 0 Å². The van der Waals surface area contributed by atoms with Gasteiger partial charge in [0, 0.05) is 12.7 Å². The first kappa shape index (κ1) is 5.63. The fourth-order valence-electron chi connectivity index (χ4n) is 0.702. The Morgan fingerprint density at radius 2 is 2.62 bits per heavy atom. The van der Waals surface area contributed by atoms with Gasteiger partial charge in [-0.2, -0.15) is 0 Å². The number of nitrogens with zero attached hydrogens (tertiary/aromatic N) is 1. The van der Waals surface area contributed by atoms with Crippen molar-refractivity contribution in [2.75, 3.05) is 13.2 Å². The van der Waals surface area contributed by atoms with Gasteiger partial charge in [0.25, 0.3) is 0 Å². The lowest BCUT2D eigenvalue weighted by Crippen LogP contribution is -2.13. The summed E-state index contributed by atoms with van der Waals surface area (Å²) in [6, 6.07) is 0. The Hall–Kier alpha value is -0.500. The van der Waals surface area contributed by atoms with E-state index in [9.17, 15) is 0 Å². The average molecular weight is 113 g/mol. The summed E-state index contributed by atoms with van der Waals surface area (Å²) in [5.74, 6) is 0. The van der Waals surface area contributed by atoms with Gasteiger partial charge >= 0.3 is 0 Å². The molecule has 0 radical (unpaired) electrons. The lowest BCUT2D eigenvalue weighted by Gasteiger charge is -2.11. The molecular formula is C6H11NO. The molecule has 0 atom stereocenters. The SMILES string of the molecule is CCCN1C=CCO1. The van der Waals surface area contributed by atoms with E-state index in [1.807, 2.05) is 17.3 Å². The highest BCUT2D eigenvalue weighted by atomic mass is 16.7. The molecule has 0 aromatic carbocycles. The van der Waals surface area contributed by atoms with Crippen LogP contribution in [0.1, 0.15) is 13.3 Å². The summed E-state index contributed by atoms with van der Waals surface area (Å²) in [4.78, 5) is 5.12. The highest BCUT2D eigenvalue weighted by Crippen LogP contribution is 2.00. The lowest BCUT2D eigenvalue weighted by atomic mass is 10.5. The van der Waals surface area contributed by atoms with E-state index >= 15 is 0 Å². The van der Waals surface area contributed by atoms with Crippen LogP contribution in [0, 0.1) is 0 Å². The molecule has 1 aliphatic rings. The molecule has 0 aliphatic carbocycles. The number of rotatable bonds is 2. The molecule has 0 saturated carbocycles. The molecule has 0 aromatic rings. The van der Waals surface area contributed by atoms with Gasteiger partial charge in [-0.1, -0.05) is 6.92 Å². The fourth-order valence-corrected chi connectivity index (χ4v) is 0.702. The molecule has 1 rings (SSSR count). The Kier molecular flexibility index (Phi) is 1.92. The molecule has 0 bridgehead atoms. The van der Waals surface area contributed by atoms with Crippen molar-refractivity contribution in [3.63, 3.8) is 0 Å². The van der Waals surface area contributed by atoms with Gasteiger partial charge in [-0.25, -0.2) is 0 Å². The standard InChI is InChI=1S/C6H11NO/c1-2-4-7-5-3-6-8-7/h3,5H,2,4,6H2,1H3. The molecule has 1 aliphatic heterocycles. The largest absolute Gasteiger partial charge is 0.270 e. The number of hydrogen-bond donors (Lipinski definition) is 0. The Balaban J connectivity index is 2.16. The molecule has 8 heavy (non-hydrogen) atoms. The zero-order valence-electron chi connectivity index (χ0n) is 5.13. The van der Waals surface area contributed by atoms with Gasteiger partial charge in [-0.3, -0.25) is 9.90 Å². The summed E-state index contributed by atoms with van der Waals surface area (Å²) in [6.45, 7) is 3.89. The third-order valence-corrected chi connectivity index (χ3v) is 1.05. The van der Waals surface area contributed by atoms with Crippen molar-refractivity contribution < 1.29 is 4.84 Å². The minimum atomic E-state index is 0.750. The molecule has 0 amide bonds. The molecule has 46 valence electrons. The average Bonchev–Trinajstić information content (AvgIpc) is 2.19. The summed E-state index contributed by atoms with van der Waals surface area (Å²) in [5, 5.41) is 1.86. The maximum atomic E-state index is 5.12. The molecule has 0 unspecified atom stereocenters. The van der Waals surface area contributed by atoms with E-state index in [2.05, 4.69) is 6.92 Å². The molecule has 0 saturated heterocycles. The Bertz CT molecular complexity index is 90.5. The summed E-state index contributed by atoms with van der Waals surface area (Å²) in [7, 11) is 0. The van der Waals surface area contributed by atoms with Crippen molar-refractivity contribution >= 4 is 0 Å². The van der Waals surface area contributed by atoms with E-state index in [0.717, 1.165) is 19.6 Å². The summed E-state index contributed by atoms with van der Waals surface area (Å²) in [5.41, 5.74) is 0. The number of hydroxylamine groups is 2. The molecule has 0 aromatic heterocycles. The van der Waals surface area contributed by atoms with Crippen molar-refractivity contribution in [2.24, 2.45) is 0 Å². The Morgan fingerprint density at radius 1 is 1.75 bits per heavy atom. The maximum Gasteiger partial charge on any atom is 0.0947 e. The Labute approximate surface area is 49.7 Å². The minimum absolute atomic E-state index is 0.750. The first-order valence-corrected chi connectivity index (χ1v) is 2.99. The van der Waals surface area contributed by atoms with Crippen LogP contribution < -0.4 is 0 Å². The van der Waals surface area contributed by atoms with Crippen LogP contribution in [0.2, 0.25) is 0 Å². The van der Waals surface area contributed by atoms with E-state index in [-0.39, 0.29) is 0 Å². The predicted octanol–water partition coefficient (Wildman–Crippen LogP) is 1.16. The number of hydrogen-bond acceptors (Lipinski definition) is 2. The van der Waals surface area contributed by atoms with Crippen LogP contribution in [-0.2, 0) is 4.84 Å². The normalized spacial score (nSPS) is 17.9. The van der Waals surface area contributed by atoms with Crippen molar-refractivity contribution in [2.45, 2.75) is 13.3 Å². The molecule has 1 heterocycles. The van der Waals surface area contributed by atoms with Gasteiger partial charge in [0.15, 0.2) is 0 Å². The molecule has 0 spiro atoms. The predicted molar refractivity (Wildman–Crippen MR) is 32.1 cm³/mol. The summed E-state index contributed by atoms with van der Waals surface area (Å²) >= 11 is 0. The summed E-state index contributed by atoms with van der Waals surface area (Å²) < 4.78 is 0. The monoisotopic (exact) mass is 113 g/mol. The van der Waals surface area contributed by atoms with Crippen LogP contribution in [0.15, 0.2) is 12.3 Å². The van der Waals surface area contributed by atoms with Crippen molar-refractivity contribution in [1.82, 2.24) is 5.06 Å². The third kappa shape index (κ3) is 1.23. The van der Waals surface area contributed by atoms with Crippen molar-refractivity contribution in [1.29, 1.82) is 0 Å². The van der Waals surface area contributed by atoms with E-state index in [0.29, 0.717) is 0 Å². The van der Waals surface area contributed by atoms with E-state index in [1.54, 1.807) is 0 Å². The van der Waals surface area contributed by atoms with E-state index < -0.39 is 0 Å². The topological polar surface area (TPSA) is 12.5 Å². The quantitative estimate of drug-likeness (QED) is 0.532. The van der Waals surface area contributed by atoms with E-state index in [4.69, 9.17) is 4.84 Å².